The smallest absolute Gasteiger partial charge is 0.159 e. The molecule has 2 heteroatoms. The van der Waals surface area contributed by atoms with E-state index in [9.17, 15) is 4.79 Å². The Labute approximate surface area is 67.2 Å². The van der Waals surface area contributed by atoms with Gasteiger partial charge in [-0.05, 0) is 6.42 Å². The second-order valence-corrected chi connectivity index (χ2v) is 2.78. The van der Waals surface area contributed by atoms with Crippen molar-refractivity contribution in [1.82, 2.24) is 0 Å². The van der Waals surface area contributed by atoms with E-state index < -0.39 is 0 Å². The maximum absolute atomic E-state index is 10.7. The van der Waals surface area contributed by atoms with Gasteiger partial charge in [0.05, 0.1) is 12.4 Å². The number of carbonyl (C=O) groups excluding carboxylic acids is 1. The maximum Gasteiger partial charge on any atom is 0.159 e. The summed E-state index contributed by atoms with van der Waals surface area (Å²) < 4.78 is 5.35. The first-order valence-electron chi connectivity index (χ1n) is 4.19. The summed E-state index contributed by atoms with van der Waals surface area (Å²) in [5.41, 5.74) is 0. The van der Waals surface area contributed by atoms with Gasteiger partial charge in [-0.2, -0.15) is 0 Å². The van der Waals surface area contributed by atoms with Gasteiger partial charge in [-0.15, -0.1) is 0 Å². The first kappa shape index (κ1) is 8.31. The van der Waals surface area contributed by atoms with Crippen LogP contribution in [0.4, 0.5) is 0 Å². The van der Waals surface area contributed by atoms with Crippen molar-refractivity contribution in [1.29, 1.82) is 0 Å². The lowest BCUT2D eigenvalue weighted by atomic mass is 10.3. The monoisotopic (exact) mass is 154 g/mol. The highest BCUT2D eigenvalue weighted by Gasteiger charge is 2.11. The molecule has 0 unspecified atom stereocenters. The summed E-state index contributed by atoms with van der Waals surface area (Å²) >= 11 is 0. The van der Waals surface area contributed by atoms with Crippen LogP contribution in [0.25, 0.3) is 0 Å². The van der Waals surface area contributed by atoms with Crippen LogP contribution in [0.15, 0.2) is 11.8 Å². The Balaban J connectivity index is 2.17. The number of ether oxygens (including phenoxy) is 1. The molecule has 0 amide bonds. The Hall–Kier alpha value is -0.790. The Kier molecular flexibility index (Phi) is 3.14. The fourth-order valence-corrected chi connectivity index (χ4v) is 1.03. The lowest BCUT2D eigenvalue weighted by Gasteiger charge is -2.03. The molecule has 0 fully saturated rings. The molecule has 0 spiro atoms. The van der Waals surface area contributed by atoms with Crippen LogP contribution in [-0.4, -0.2) is 12.4 Å². The topological polar surface area (TPSA) is 26.3 Å². The summed E-state index contributed by atoms with van der Waals surface area (Å²) in [6.45, 7) is 2.88. The van der Waals surface area contributed by atoms with Gasteiger partial charge in [0, 0.05) is 18.9 Å². The predicted octanol–water partition coefficient (Wildman–Crippen LogP) is 2.05. The molecule has 0 radical (unpaired) electrons. The molecule has 2 nitrogen and oxygen atoms in total. The zero-order valence-electron chi connectivity index (χ0n) is 6.93. The van der Waals surface area contributed by atoms with E-state index in [-0.39, 0.29) is 5.78 Å². The molecular formula is C9H14O2. The minimum absolute atomic E-state index is 0.205. The van der Waals surface area contributed by atoms with Gasteiger partial charge < -0.3 is 4.74 Å². The molecule has 0 aromatic heterocycles. The third-order valence-corrected chi connectivity index (χ3v) is 1.73. The summed E-state index contributed by atoms with van der Waals surface area (Å²) in [6.07, 6.45) is 5.28. The third-order valence-electron chi connectivity index (χ3n) is 1.73. The molecule has 0 aromatic rings. The minimum atomic E-state index is 0.205. The van der Waals surface area contributed by atoms with Gasteiger partial charge in [0.2, 0.25) is 0 Å². The van der Waals surface area contributed by atoms with E-state index in [1.165, 1.54) is 0 Å². The highest BCUT2D eigenvalue weighted by Crippen LogP contribution is 2.15. The van der Waals surface area contributed by atoms with Crippen LogP contribution in [0.1, 0.15) is 32.6 Å². The summed E-state index contributed by atoms with van der Waals surface area (Å²) in [5, 5.41) is 0. The molecule has 0 saturated carbocycles. The van der Waals surface area contributed by atoms with Crippen molar-refractivity contribution in [2.24, 2.45) is 0 Å². The van der Waals surface area contributed by atoms with Crippen molar-refractivity contribution in [2.75, 3.05) is 6.61 Å². The van der Waals surface area contributed by atoms with Crippen LogP contribution in [0.5, 0.6) is 0 Å². The summed E-state index contributed by atoms with van der Waals surface area (Å²) in [4.78, 5) is 10.7. The highest BCUT2D eigenvalue weighted by atomic mass is 16.5. The van der Waals surface area contributed by atoms with E-state index in [1.807, 2.05) is 0 Å². The van der Waals surface area contributed by atoms with Gasteiger partial charge >= 0.3 is 0 Å². The number of rotatable bonds is 4. The molecule has 62 valence electrons. The van der Waals surface area contributed by atoms with Crippen molar-refractivity contribution in [3.8, 4) is 0 Å². The zero-order chi connectivity index (χ0) is 8.10. The first-order chi connectivity index (χ1) is 5.33. The van der Waals surface area contributed by atoms with Crippen LogP contribution >= 0.6 is 0 Å². The second kappa shape index (κ2) is 4.16. The number of hydrogen-bond donors (Lipinski definition) is 0. The van der Waals surface area contributed by atoms with E-state index in [4.69, 9.17) is 4.74 Å². The Bertz CT molecular complexity index is 170. The van der Waals surface area contributed by atoms with Crippen molar-refractivity contribution < 1.29 is 9.53 Å². The van der Waals surface area contributed by atoms with Gasteiger partial charge in [-0.3, -0.25) is 4.79 Å². The quantitative estimate of drug-likeness (QED) is 0.579. The first-order valence-corrected chi connectivity index (χ1v) is 4.19. The molecule has 1 aliphatic carbocycles. The van der Waals surface area contributed by atoms with Crippen LogP contribution < -0.4 is 0 Å². The Morgan fingerprint density at radius 1 is 1.55 bits per heavy atom. The average Bonchev–Trinajstić information content (AvgIpc) is 2.37. The lowest BCUT2D eigenvalue weighted by molar-refractivity contribution is -0.114. The van der Waals surface area contributed by atoms with E-state index in [0.29, 0.717) is 6.42 Å². The van der Waals surface area contributed by atoms with E-state index in [0.717, 1.165) is 31.6 Å². The lowest BCUT2D eigenvalue weighted by Crippen LogP contribution is -1.91. The van der Waals surface area contributed by atoms with Crippen LogP contribution in [0, 0.1) is 0 Å². The molecule has 0 atom stereocenters. The summed E-state index contributed by atoms with van der Waals surface area (Å²) in [5.74, 6) is 1.08. The van der Waals surface area contributed by atoms with Gasteiger partial charge in [0.25, 0.3) is 0 Å². The molecule has 0 aliphatic heterocycles. The standard InChI is InChI=1S/C9H14O2/c1-2-3-6-11-9-5-4-8(10)7-9/h7H,2-6H2,1H3. The van der Waals surface area contributed by atoms with Crippen LogP contribution in [-0.2, 0) is 9.53 Å². The molecule has 0 N–H and O–H groups in total. The molecule has 0 saturated heterocycles. The van der Waals surface area contributed by atoms with Gasteiger partial charge in [-0.1, -0.05) is 13.3 Å². The highest BCUT2D eigenvalue weighted by molar-refractivity contribution is 5.92. The van der Waals surface area contributed by atoms with Crippen LogP contribution in [0.2, 0.25) is 0 Å². The summed E-state index contributed by atoms with van der Waals surface area (Å²) in [6, 6.07) is 0. The average molecular weight is 154 g/mol. The Morgan fingerprint density at radius 3 is 2.91 bits per heavy atom. The number of hydrogen-bond acceptors (Lipinski definition) is 2. The van der Waals surface area contributed by atoms with Crippen LogP contribution in [0.3, 0.4) is 0 Å². The molecule has 0 heterocycles. The second-order valence-electron chi connectivity index (χ2n) is 2.78. The number of carbonyl (C=O) groups is 1. The number of unbranched alkanes of at least 4 members (excludes halogenated alkanes) is 1. The largest absolute Gasteiger partial charge is 0.498 e. The predicted molar refractivity (Wildman–Crippen MR) is 43.2 cm³/mol. The van der Waals surface area contributed by atoms with Crippen molar-refractivity contribution in [2.45, 2.75) is 32.6 Å². The SMILES string of the molecule is CCCCOC1=CC(=O)CC1. The van der Waals surface area contributed by atoms with Gasteiger partial charge in [0.1, 0.15) is 0 Å². The summed E-state index contributed by atoms with van der Waals surface area (Å²) in [7, 11) is 0. The molecule has 0 bridgehead atoms. The molecular weight excluding hydrogens is 140 g/mol. The maximum atomic E-state index is 10.7. The van der Waals surface area contributed by atoms with Crippen molar-refractivity contribution in [3.05, 3.63) is 11.8 Å². The molecule has 1 aliphatic rings. The molecule has 1 rings (SSSR count). The van der Waals surface area contributed by atoms with Gasteiger partial charge in [-0.25, -0.2) is 0 Å². The fraction of sp³-hybridized carbons (Fsp3) is 0.667. The normalized spacial score (nSPS) is 16.8. The fourth-order valence-electron chi connectivity index (χ4n) is 1.03. The van der Waals surface area contributed by atoms with E-state index >= 15 is 0 Å². The third kappa shape index (κ3) is 2.74. The minimum Gasteiger partial charge on any atom is -0.498 e. The Morgan fingerprint density at radius 2 is 2.36 bits per heavy atom. The zero-order valence-corrected chi connectivity index (χ0v) is 6.93. The number of allylic oxidation sites excluding steroid dienone is 2. The van der Waals surface area contributed by atoms with Gasteiger partial charge in [0.15, 0.2) is 5.78 Å². The number of ketones is 1. The van der Waals surface area contributed by atoms with E-state index in [1.54, 1.807) is 6.08 Å². The van der Waals surface area contributed by atoms with Crippen molar-refractivity contribution >= 4 is 5.78 Å². The molecule has 11 heavy (non-hydrogen) atoms. The van der Waals surface area contributed by atoms with Crippen molar-refractivity contribution in [3.63, 3.8) is 0 Å². The molecule has 0 aromatic carbocycles. The van der Waals surface area contributed by atoms with E-state index in [2.05, 4.69) is 6.92 Å².